The summed E-state index contributed by atoms with van der Waals surface area (Å²) in [4.78, 5) is 11.6. The molecule has 6 heteroatoms. The summed E-state index contributed by atoms with van der Waals surface area (Å²) >= 11 is 0. The molecule has 1 amide bonds. The van der Waals surface area contributed by atoms with E-state index in [1.807, 2.05) is 0 Å². The van der Waals surface area contributed by atoms with E-state index >= 15 is 0 Å². The van der Waals surface area contributed by atoms with Gasteiger partial charge in [0.05, 0.1) is 5.75 Å². The molecule has 1 rings (SSSR count). The first-order chi connectivity index (χ1) is 7.73. The Kier molecular flexibility index (Phi) is 4.55. The molecule has 0 bridgehead atoms. The molecule has 17 heavy (non-hydrogen) atoms. The van der Waals surface area contributed by atoms with Crippen molar-refractivity contribution in [3.05, 3.63) is 0 Å². The van der Waals surface area contributed by atoms with Gasteiger partial charge in [-0.3, -0.25) is 4.79 Å². The van der Waals surface area contributed by atoms with Crippen molar-refractivity contribution in [2.45, 2.75) is 33.6 Å². The number of hydrogen-bond donors (Lipinski definition) is 1. The number of hydrogen-bond acceptors (Lipinski definition) is 3. The molecule has 0 aromatic carbocycles. The molecule has 0 spiro atoms. The van der Waals surface area contributed by atoms with Gasteiger partial charge in [0, 0.05) is 25.0 Å². The Morgan fingerprint density at radius 3 is 2.24 bits per heavy atom. The lowest BCUT2D eigenvalue weighted by molar-refractivity contribution is -0.128. The lowest BCUT2D eigenvalue weighted by Crippen LogP contribution is -2.40. The first kappa shape index (κ1) is 14.4. The van der Waals surface area contributed by atoms with E-state index in [0.717, 1.165) is 12.8 Å². The molecule has 1 aliphatic rings. The normalized spacial score (nSPS) is 18.3. The van der Waals surface area contributed by atoms with Crippen LogP contribution in [-0.4, -0.2) is 44.0 Å². The second kappa shape index (κ2) is 5.35. The molecule has 0 aliphatic carbocycles. The van der Waals surface area contributed by atoms with E-state index in [1.54, 1.807) is 20.8 Å². The van der Waals surface area contributed by atoms with Crippen molar-refractivity contribution in [1.29, 1.82) is 0 Å². The number of nitrogens with one attached hydrogen (secondary N) is 1. The van der Waals surface area contributed by atoms with Gasteiger partial charge in [0.1, 0.15) is 0 Å². The summed E-state index contributed by atoms with van der Waals surface area (Å²) in [6.07, 6.45) is 1.88. The van der Waals surface area contributed by atoms with Gasteiger partial charge in [0.2, 0.25) is 15.9 Å². The van der Waals surface area contributed by atoms with Crippen LogP contribution in [0.2, 0.25) is 0 Å². The van der Waals surface area contributed by atoms with Gasteiger partial charge in [-0.15, -0.1) is 0 Å². The van der Waals surface area contributed by atoms with Crippen LogP contribution in [0.1, 0.15) is 33.6 Å². The maximum atomic E-state index is 11.8. The SMILES string of the molecule is CC(C)(C)C(=O)NCCS(=O)(=O)N1CCCC1. The third-order valence-electron chi connectivity index (χ3n) is 2.79. The molecule has 1 N–H and O–H groups in total. The predicted molar refractivity (Wildman–Crippen MR) is 67.1 cm³/mol. The quantitative estimate of drug-likeness (QED) is 0.805. The average molecular weight is 262 g/mol. The predicted octanol–water partition coefficient (Wildman–Crippen LogP) is 0.574. The molecule has 1 heterocycles. The summed E-state index contributed by atoms with van der Waals surface area (Å²) in [6.45, 7) is 6.84. The third-order valence-corrected chi connectivity index (χ3v) is 4.66. The van der Waals surface area contributed by atoms with Gasteiger partial charge >= 0.3 is 0 Å². The van der Waals surface area contributed by atoms with Crippen molar-refractivity contribution in [1.82, 2.24) is 9.62 Å². The van der Waals surface area contributed by atoms with Crippen LogP contribution in [0.4, 0.5) is 0 Å². The fourth-order valence-corrected chi connectivity index (χ4v) is 3.09. The zero-order chi connectivity index (χ0) is 13.1. The van der Waals surface area contributed by atoms with Gasteiger partial charge in [0.25, 0.3) is 0 Å². The summed E-state index contributed by atoms with van der Waals surface area (Å²) in [5, 5.41) is 2.66. The molecule has 0 atom stereocenters. The summed E-state index contributed by atoms with van der Waals surface area (Å²) in [7, 11) is -3.18. The number of sulfonamides is 1. The van der Waals surface area contributed by atoms with Crippen LogP contribution in [-0.2, 0) is 14.8 Å². The molecule has 0 aromatic rings. The van der Waals surface area contributed by atoms with Gasteiger partial charge in [0.15, 0.2) is 0 Å². The van der Waals surface area contributed by atoms with E-state index < -0.39 is 15.4 Å². The number of amides is 1. The van der Waals surface area contributed by atoms with Gasteiger partial charge in [-0.05, 0) is 12.8 Å². The lowest BCUT2D eigenvalue weighted by Gasteiger charge is -2.19. The highest BCUT2D eigenvalue weighted by atomic mass is 32.2. The standard InChI is InChI=1S/C11H22N2O3S/c1-11(2,3)10(14)12-6-9-17(15,16)13-7-4-5-8-13/h4-9H2,1-3H3,(H,12,14). The fourth-order valence-electron chi connectivity index (χ4n) is 1.65. The molecule has 0 aromatic heterocycles. The Bertz CT molecular complexity index is 365. The minimum Gasteiger partial charge on any atom is -0.355 e. The highest BCUT2D eigenvalue weighted by Crippen LogP contribution is 2.14. The Labute approximate surface area is 104 Å². The first-order valence-electron chi connectivity index (χ1n) is 5.99. The minimum absolute atomic E-state index is 0.00514. The third kappa shape index (κ3) is 4.27. The average Bonchev–Trinajstić information content (AvgIpc) is 2.68. The zero-order valence-electron chi connectivity index (χ0n) is 10.8. The van der Waals surface area contributed by atoms with Crippen LogP contribution in [0, 0.1) is 5.41 Å². The number of carbonyl (C=O) groups excluding carboxylic acids is 1. The van der Waals surface area contributed by atoms with E-state index in [0.29, 0.717) is 13.1 Å². The Morgan fingerprint density at radius 1 is 1.24 bits per heavy atom. The van der Waals surface area contributed by atoms with Crippen LogP contribution in [0.3, 0.4) is 0 Å². The molecule has 0 radical (unpaired) electrons. The maximum Gasteiger partial charge on any atom is 0.225 e. The van der Waals surface area contributed by atoms with Gasteiger partial charge in [-0.2, -0.15) is 0 Å². The topological polar surface area (TPSA) is 66.5 Å². The molecule has 1 aliphatic heterocycles. The molecule has 100 valence electrons. The van der Waals surface area contributed by atoms with Gasteiger partial charge in [-0.25, -0.2) is 12.7 Å². The van der Waals surface area contributed by atoms with Crippen LogP contribution in [0.5, 0.6) is 0 Å². The molecule has 1 fully saturated rings. The van der Waals surface area contributed by atoms with Gasteiger partial charge in [-0.1, -0.05) is 20.8 Å². The molecule has 1 saturated heterocycles. The van der Waals surface area contributed by atoms with Crippen molar-refractivity contribution in [3.63, 3.8) is 0 Å². The van der Waals surface area contributed by atoms with Crippen molar-refractivity contribution in [3.8, 4) is 0 Å². The molecule has 0 unspecified atom stereocenters. The Morgan fingerprint density at radius 2 is 1.76 bits per heavy atom. The van der Waals surface area contributed by atoms with Crippen molar-refractivity contribution >= 4 is 15.9 Å². The highest BCUT2D eigenvalue weighted by molar-refractivity contribution is 7.89. The van der Waals surface area contributed by atoms with Crippen molar-refractivity contribution in [2.24, 2.45) is 5.41 Å². The fraction of sp³-hybridized carbons (Fsp3) is 0.909. The van der Waals surface area contributed by atoms with Crippen LogP contribution in [0.15, 0.2) is 0 Å². The van der Waals surface area contributed by atoms with Crippen molar-refractivity contribution in [2.75, 3.05) is 25.4 Å². The maximum absolute atomic E-state index is 11.8. The molecular weight excluding hydrogens is 240 g/mol. The summed E-state index contributed by atoms with van der Waals surface area (Å²) < 4.78 is 25.2. The van der Waals surface area contributed by atoms with E-state index in [-0.39, 0.29) is 18.2 Å². The first-order valence-corrected chi connectivity index (χ1v) is 7.60. The second-order valence-electron chi connectivity index (χ2n) is 5.43. The van der Waals surface area contributed by atoms with Gasteiger partial charge < -0.3 is 5.32 Å². The zero-order valence-corrected chi connectivity index (χ0v) is 11.6. The Hall–Kier alpha value is -0.620. The van der Waals surface area contributed by atoms with Crippen LogP contribution in [0.25, 0.3) is 0 Å². The van der Waals surface area contributed by atoms with E-state index in [9.17, 15) is 13.2 Å². The summed E-state index contributed by atoms with van der Waals surface area (Å²) in [5.41, 5.74) is -0.475. The van der Waals surface area contributed by atoms with Crippen molar-refractivity contribution < 1.29 is 13.2 Å². The van der Waals surface area contributed by atoms with E-state index in [1.165, 1.54) is 4.31 Å². The van der Waals surface area contributed by atoms with E-state index in [4.69, 9.17) is 0 Å². The lowest BCUT2D eigenvalue weighted by atomic mass is 9.96. The van der Waals surface area contributed by atoms with Crippen LogP contribution < -0.4 is 5.32 Å². The second-order valence-corrected chi connectivity index (χ2v) is 7.52. The summed E-state index contributed by atoms with van der Waals surface area (Å²) in [6, 6.07) is 0. The number of rotatable bonds is 4. The Balaban J connectivity index is 2.38. The number of nitrogens with zero attached hydrogens (tertiary/aromatic N) is 1. The minimum atomic E-state index is -3.18. The van der Waals surface area contributed by atoms with Crippen LogP contribution >= 0.6 is 0 Å². The summed E-state index contributed by atoms with van der Waals surface area (Å²) in [5.74, 6) is -0.122. The number of carbonyl (C=O) groups is 1. The monoisotopic (exact) mass is 262 g/mol. The van der Waals surface area contributed by atoms with E-state index in [2.05, 4.69) is 5.32 Å². The largest absolute Gasteiger partial charge is 0.355 e. The molecule has 0 saturated carbocycles. The molecule has 5 nitrogen and oxygen atoms in total. The smallest absolute Gasteiger partial charge is 0.225 e. The molecular formula is C11H22N2O3S. The highest BCUT2D eigenvalue weighted by Gasteiger charge is 2.26.